The summed E-state index contributed by atoms with van der Waals surface area (Å²) >= 11 is 0. The van der Waals surface area contributed by atoms with Crippen LogP contribution in [0, 0.1) is 20.2 Å². The second kappa shape index (κ2) is 6.56. The monoisotopic (exact) mass is 343 g/mol. The fourth-order valence-corrected chi connectivity index (χ4v) is 2.59. The van der Waals surface area contributed by atoms with Gasteiger partial charge >= 0.3 is 6.04 Å². The van der Waals surface area contributed by atoms with Crippen LogP contribution in [0.1, 0.15) is 17.2 Å². The Hall–Kier alpha value is -3.49. The summed E-state index contributed by atoms with van der Waals surface area (Å²) in [5, 5.41) is 26.2. The zero-order valence-electron chi connectivity index (χ0n) is 13.1. The van der Waals surface area contributed by atoms with Gasteiger partial charge in [0.05, 0.1) is 12.0 Å². The van der Waals surface area contributed by atoms with Gasteiger partial charge in [0.2, 0.25) is 6.10 Å². The van der Waals surface area contributed by atoms with Crippen molar-refractivity contribution in [3.8, 4) is 5.75 Å². The maximum absolute atomic E-state index is 11.6. The molecule has 1 aliphatic heterocycles. The first-order valence-electron chi connectivity index (χ1n) is 7.27. The molecule has 128 valence electrons. The number of non-ortho nitro benzene ring substituents is 1. The highest BCUT2D eigenvalue weighted by Crippen LogP contribution is 2.33. The van der Waals surface area contributed by atoms with Crippen LogP contribution in [0.5, 0.6) is 5.75 Å². The van der Waals surface area contributed by atoms with Crippen molar-refractivity contribution in [1.82, 2.24) is 0 Å². The normalized spacial score (nSPS) is 19.0. The molecule has 0 bridgehead atoms. The highest BCUT2D eigenvalue weighted by atomic mass is 16.7. The Bertz CT molecular complexity index is 832. The summed E-state index contributed by atoms with van der Waals surface area (Å²) in [7, 11) is 1.52. The second-order valence-electron chi connectivity index (χ2n) is 5.31. The minimum Gasteiger partial charge on any atom is -0.497 e. The Balaban J connectivity index is 1.90. The van der Waals surface area contributed by atoms with E-state index in [0.29, 0.717) is 16.9 Å². The molecule has 1 heterocycles. The zero-order valence-corrected chi connectivity index (χ0v) is 13.1. The van der Waals surface area contributed by atoms with E-state index in [1.807, 2.05) is 0 Å². The number of benzene rings is 2. The van der Waals surface area contributed by atoms with Crippen molar-refractivity contribution in [3.05, 3.63) is 79.9 Å². The van der Waals surface area contributed by atoms with E-state index in [4.69, 9.17) is 9.57 Å². The van der Waals surface area contributed by atoms with Crippen LogP contribution in [0.4, 0.5) is 5.69 Å². The highest BCUT2D eigenvalue weighted by Gasteiger charge is 2.45. The van der Waals surface area contributed by atoms with Gasteiger partial charge in [0.25, 0.3) is 5.69 Å². The van der Waals surface area contributed by atoms with Gasteiger partial charge < -0.3 is 9.57 Å². The standard InChI is InChI=1S/C16H13N3O6/c1-24-13-8-4-10(5-9-13)14-15(19(22)23)16(25-17-14)11-2-6-12(7-3-11)18(20)21/h2-9,15-16H,1H3. The Kier molecular flexibility index (Phi) is 4.29. The van der Waals surface area contributed by atoms with Crippen LogP contribution in [-0.2, 0) is 4.84 Å². The van der Waals surface area contributed by atoms with E-state index in [2.05, 4.69) is 5.16 Å². The molecule has 2 aromatic rings. The number of rotatable bonds is 5. The third-order valence-electron chi connectivity index (χ3n) is 3.88. The van der Waals surface area contributed by atoms with E-state index in [1.54, 1.807) is 24.3 Å². The van der Waals surface area contributed by atoms with Gasteiger partial charge in [-0.3, -0.25) is 20.2 Å². The first-order chi connectivity index (χ1) is 12.0. The van der Waals surface area contributed by atoms with Gasteiger partial charge in [-0.2, -0.15) is 0 Å². The van der Waals surface area contributed by atoms with Crippen molar-refractivity contribution in [1.29, 1.82) is 0 Å². The summed E-state index contributed by atoms with van der Waals surface area (Å²) in [6, 6.07) is 10.9. The number of hydrogen-bond donors (Lipinski definition) is 0. The predicted molar refractivity (Wildman–Crippen MR) is 87.2 cm³/mol. The molecule has 1 aliphatic rings. The first-order valence-corrected chi connectivity index (χ1v) is 7.27. The SMILES string of the molecule is COc1ccc(C2=NOC(c3ccc([N+](=O)[O-])cc3)C2[N+](=O)[O-])cc1. The van der Waals surface area contributed by atoms with Gasteiger partial charge in [0.1, 0.15) is 5.75 Å². The van der Waals surface area contributed by atoms with E-state index >= 15 is 0 Å². The molecule has 0 aliphatic carbocycles. The van der Waals surface area contributed by atoms with Gasteiger partial charge in [-0.1, -0.05) is 5.16 Å². The number of ether oxygens (including phenoxy) is 1. The van der Waals surface area contributed by atoms with Gasteiger partial charge in [-0.05, 0) is 36.4 Å². The van der Waals surface area contributed by atoms with Crippen LogP contribution in [0.3, 0.4) is 0 Å². The van der Waals surface area contributed by atoms with Gasteiger partial charge in [-0.25, -0.2) is 0 Å². The predicted octanol–water partition coefficient (Wildman–Crippen LogP) is 2.72. The van der Waals surface area contributed by atoms with Crippen molar-refractivity contribution in [2.24, 2.45) is 5.16 Å². The molecule has 9 nitrogen and oxygen atoms in total. The molecule has 0 aromatic heterocycles. The lowest BCUT2D eigenvalue weighted by molar-refractivity contribution is -0.512. The van der Waals surface area contributed by atoms with E-state index in [0.717, 1.165) is 0 Å². The highest BCUT2D eigenvalue weighted by molar-refractivity contribution is 6.04. The molecule has 0 radical (unpaired) electrons. The maximum atomic E-state index is 11.6. The maximum Gasteiger partial charge on any atom is 0.301 e. The first kappa shape index (κ1) is 16.4. The molecule has 0 saturated carbocycles. The fraction of sp³-hybridized carbons (Fsp3) is 0.188. The van der Waals surface area contributed by atoms with Crippen LogP contribution >= 0.6 is 0 Å². The zero-order chi connectivity index (χ0) is 18.0. The molecule has 25 heavy (non-hydrogen) atoms. The summed E-state index contributed by atoms with van der Waals surface area (Å²) in [6.45, 7) is 0. The molecular weight excluding hydrogens is 330 g/mol. The minimum atomic E-state index is -1.21. The van der Waals surface area contributed by atoms with Gasteiger partial charge in [0, 0.05) is 28.2 Å². The lowest BCUT2D eigenvalue weighted by Gasteiger charge is -2.12. The quantitative estimate of drug-likeness (QED) is 0.608. The lowest BCUT2D eigenvalue weighted by atomic mass is 9.95. The Morgan fingerprint density at radius 1 is 1.04 bits per heavy atom. The summed E-state index contributed by atoms with van der Waals surface area (Å²) in [5.41, 5.74) is 1.08. The number of oxime groups is 1. The van der Waals surface area contributed by atoms with Crippen molar-refractivity contribution >= 4 is 11.4 Å². The molecule has 0 amide bonds. The summed E-state index contributed by atoms with van der Waals surface area (Å²) in [5.74, 6) is 0.618. The van der Waals surface area contributed by atoms with E-state index < -0.39 is 22.0 Å². The molecule has 2 unspecified atom stereocenters. The Morgan fingerprint density at radius 3 is 2.20 bits per heavy atom. The Morgan fingerprint density at radius 2 is 1.68 bits per heavy atom. The van der Waals surface area contributed by atoms with Crippen LogP contribution < -0.4 is 4.74 Å². The van der Waals surface area contributed by atoms with E-state index in [9.17, 15) is 20.2 Å². The number of nitrogens with zero attached hydrogens (tertiary/aromatic N) is 3. The number of nitro groups is 2. The van der Waals surface area contributed by atoms with Crippen LogP contribution in [0.25, 0.3) is 0 Å². The van der Waals surface area contributed by atoms with E-state index in [1.165, 1.54) is 31.4 Å². The van der Waals surface area contributed by atoms with Crippen molar-refractivity contribution in [3.63, 3.8) is 0 Å². The molecular formula is C16H13N3O6. The van der Waals surface area contributed by atoms with Crippen molar-refractivity contribution in [2.45, 2.75) is 12.1 Å². The molecule has 2 atom stereocenters. The molecule has 3 rings (SSSR count). The summed E-state index contributed by atoms with van der Waals surface area (Å²) in [6.07, 6.45) is -0.951. The summed E-state index contributed by atoms with van der Waals surface area (Å²) in [4.78, 5) is 26.6. The fourth-order valence-electron chi connectivity index (χ4n) is 2.59. The second-order valence-corrected chi connectivity index (χ2v) is 5.31. The third kappa shape index (κ3) is 3.11. The molecule has 9 heteroatoms. The number of methoxy groups -OCH3 is 1. The van der Waals surface area contributed by atoms with Crippen molar-refractivity contribution < 1.29 is 19.4 Å². The van der Waals surface area contributed by atoms with Crippen LogP contribution in [-0.4, -0.2) is 28.7 Å². The molecule has 2 aromatic carbocycles. The molecule has 0 spiro atoms. The average molecular weight is 343 g/mol. The molecule has 0 saturated heterocycles. The topological polar surface area (TPSA) is 117 Å². The smallest absolute Gasteiger partial charge is 0.301 e. The summed E-state index contributed by atoms with van der Waals surface area (Å²) < 4.78 is 5.07. The van der Waals surface area contributed by atoms with Crippen LogP contribution in [0.2, 0.25) is 0 Å². The van der Waals surface area contributed by atoms with Gasteiger partial charge in [-0.15, -0.1) is 0 Å². The number of hydrogen-bond acceptors (Lipinski definition) is 7. The third-order valence-corrected chi connectivity index (χ3v) is 3.88. The number of nitro benzene ring substituents is 1. The Labute approximate surface area is 141 Å². The van der Waals surface area contributed by atoms with Crippen LogP contribution in [0.15, 0.2) is 53.7 Å². The minimum absolute atomic E-state index is 0.101. The molecule has 0 fully saturated rings. The lowest BCUT2D eigenvalue weighted by Crippen LogP contribution is -2.32. The van der Waals surface area contributed by atoms with Gasteiger partial charge in [0.15, 0.2) is 5.71 Å². The van der Waals surface area contributed by atoms with Crippen molar-refractivity contribution in [2.75, 3.05) is 7.11 Å². The molecule has 0 N–H and O–H groups in total. The van der Waals surface area contributed by atoms with E-state index in [-0.39, 0.29) is 11.4 Å². The average Bonchev–Trinajstić information content (AvgIpc) is 3.07. The largest absolute Gasteiger partial charge is 0.497 e.